The third-order valence-corrected chi connectivity index (χ3v) is 4.14. The lowest BCUT2D eigenvalue weighted by molar-refractivity contribution is 0.109. The first kappa shape index (κ1) is 21.3. The van der Waals surface area contributed by atoms with Crippen molar-refractivity contribution in [3.05, 3.63) is 107 Å². The largest absolute Gasteiger partial charge is 0.460 e. The maximum absolute atomic E-state index is 12.8. The highest BCUT2D eigenvalue weighted by Gasteiger charge is 2.14. The van der Waals surface area contributed by atoms with E-state index in [1.807, 2.05) is 42.5 Å². The van der Waals surface area contributed by atoms with Gasteiger partial charge >= 0.3 is 0 Å². The summed E-state index contributed by atoms with van der Waals surface area (Å²) in [6, 6.07) is 25.7. The standard InChI is InChI=1S/C15H10FNOS.C7H6OS/c16-13-8-6-12(7-9-13)15(19)18-14(10-17)11-4-2-1-3-5-11;8-7(9)6-4-2-1-3-5-6/h1-9,14H;1-5H,(H,8,9). The van der Waals surface area contributed by atoms with Gasteiger partial charge in [0.05, 0.1) is 0 Å². The molecular formula is C22H16FNO2S2. The fraction of sp³-hybridized carbons (Fsp3) is 0.0455. The predicted octanol–water partition coefficient (Wildman–Crippen LogP) is 5.54. The fourth-order valence-electron chi connectivity index (χ4n) is 2.14. The van der Waals surface area contributed by atoms with E-state index in [0.29, 0.717) is 11.1 Å². The molecule has 3 rings (SSSR count). The summed E-state index contributed by atoms with van der Waals surface area (Å²) in [5.41, 5.74) is 1.95. The van der Waals surface area contributed by atoms with E-state index in [1.165, 1.54) is 24.3 Å². The number of nitriles is 1. The zero-order chi connectivity index (χ0) is 20.4. The van der Waals surface area contributed by atoms with Gasteiger partial charge in [0.1, 0.15) is 11.9 Å². The van der Waals surface area contributed by atoms with Crippen LogP contribution in [0.4, 0.5) is 4.39 Å². The van der Waals surface area contributed by atoms with Crippen molar-refractivity contribution < 1.29 is 13.9 Å². The van der Waals surface area contributed by atoms with Gasteiger partial charge in [0.25, 0.3) is 0 Å². The molecule has 0 aliphatic heterocycles. The smallest absolute Gasteiger partial charge is 0.216 e. The Morgan fingerprint density at radius 3 is 1.93 bits per heavy atom. The molecule has 3 nitrogen and oxygen atoms in total. The van der Waals surface area contributed by atoms with Crippen LogP contribution < -0.4 is 0 Å². The number of nitrogens with zero attached hydrogens (tertiary/aromatic N) is 1. The molecule has 3 aromatic carbocycles. The maximum Gasteiger partial charge on any atom is 0.216 e. The lowest BCUT2D eigenvalue weighted by atomic mass is 10.1. The summed E-state index contributed by atoms with van der Waals surface area (Å²) in [7, 11) is 0. The molecule has 0 radical (unpaired) electrons. The zero-order valence-electron chi connectivity index (χ0n) is 14.7. The Hall–Kier alpha value is -3.01. The number of rotatable bonds is 4. The molecule has 0 N–H and O–H groups in total. The van der Waals surface area contributed by atoms with Crippen molar-refractivity contribution >= 4 is 35.0 Å². The van der Waals surface area contributed by atoms with E-state index in [0.717, 1.165) is 5.56 Å². The fourth-order valence-corrected chi connectivity index (χ4v) is 2.52. The molecule has 0 aliphatic rings. The lowest BCUT2D eigenvalue weighted by Gasteiger charge is -2.13. The molecule has 0 bridgehead atoms. The predicted molar refractivity (Wildman–Crippen MR) is 114 cm³/mol. The minimum atomic E-state index is -0.765. The van der Waals surface area contributed by atoms with E-state index < -0.39 is 6.10 Å². The maximum atomic E-state index is 12.8. The molecule has 6 heteroatoms. The highest BCUT2D eigenvalue weighted by Crippen LogP contribution is 2.19. The second-order valence-corrected chi connectivity index (χ2v) is 6.28. The van der Waals surface area contributed by atoms with Crippen molar-refractivity contribution in [1.29, 1.82) is 5.26 Å². The van der Waals surface area contributed by atoms with Gasteiger partial charge in [-0.25, -0.2) is 4.39 Å². The molecule has 0 spiro atoms. The molecule has 1 unspecified atom stereocenters. The number of thiocarbonyl (C=S) groups is 1. The normalized spacial score (nSPS) is 10.6. The topological polar surface area (TPSA) is 50.1 Å². The molecule has 0 heterocycles. The second kappa shape index (κ2) is 11.0. The first-order valence-electron chi connectivity index (χ1n) is 8.20. The Bertz CT molecular complexity index is 955. The van der Waals surface area contributed by atoms with Crippen LogP contribution in [0.15, 0.2) is 84.9 Å². The van der Waals surface area contributed by atoms with Gasteiger partial charge in [-0.15, -0.1) is 12.6 Å². The van der Waals surface area contributed by atoms with Crippen LogP contribution in [0.3, 0.4) is 0 Å². The second-order valence-electron chi connectivity index (χ2n) is 5.50. The van der Waals surface area contributed by atoms with Gasteiger partial charge in [0.15, 0.2) is 5.05 Å². The zero-order valence-corrected chi connectivity index (χ0v) is 16.4. The van der Waals surface area contributed by atoms with Crippen molar-refractivity contribution in [3.63, 3.8) is 0 Å². The first-order chi connectivity index (χ1) is 13.5. The van der Waals surface area contributed by atoms with Gasteiger partial charge in [0, 0.05) is 16.7 Å². The summed E-state index contributed by atoms with van der Waals surface area (Å²) in [5.74, 6) is -0.341. The molecule has 0 saturated heterocycles. The van der Waals surface area contributed by atoms with Gasteiger partial charge in [-0.3, -0.25) is 4.79 Å². The van der Waals surface area contributed by atoms with Gasteiger partial charge < -0.3 is 4.74 Å². The molecule has 28 heavy (non-hydrogen) atoms. The summed E-state index contributed by atoms with van der Waals surface area (Å²) in [6.07, 6.45) is -0.765. The molecule has 0 aromatic heterocycles. The Kier molecular flexibility index (Phi) is 8.35. The molecule has 1 atom stereocenters. The van der Waals surface area contributed by atoms with Gasteiger partial charge in [0.2, 0.25) is 11.2 Å². The molecule has 0 amide bonds. The number of benzene rings is 3. The first-order valence-corrected chi connectivity index (χ1v) is 9.06. The summed E-state index contributed by atoms with van der Waals surface area (Å²) in [4.78, 5) is 10.5. The van der Waals surface area contributed by atoms with Crippen LogP contribution >= 0.6 is 24.8 Å². The average Bonchev–Trinajstić information content (AvgIpc) is 2.74. The van der Waals surface area contributed by atoms with Crippen LogP contribution in [0, 0.1) is 17.1 Å². The number of carbonyl (C=O) groups is 1. The van der Waals surface area contributed by atoms with Crippen molar-refractivity contribution in [3.8, 4) is 6.07 Å². The molecule has 0 fully saturated rings. The van der Waals surface area contributed by atoms with E-state index in [-0.39, 0.29) is 16.0 Å². The summed E-state index contributed by atoms with van der Waals surface area (Å²) in [5, 5.41) is 9.12. The van der Waals surface area contributed by atoms with Gasteiger partial charge in [-0.2, -0.15) is 5.26 Å². The third kappa shape index (κ3) is 6.62. The van der Waals surface area contributed by atoms with E-state index >= 15 is 0 Å². The Labute approximate surface area is 173 Å². The minimum Gasteiger partial charge on any atom is -0.460 e. The number of hydrogen-bond acceptors (Lipinski definition) is 4. The number of ether oxygens (including phenoxy) is 1. The third-order valence-electron chi connectivity index (χ3n) is 3.55. The average molecular weight is 410 g/mol. The van der Waals surface area contributed by atoms with Crippen LogP contribution in [0.5, 0.6) is 0 Å². The van der Waals surface area contributed by atoms with Crippen LogP contribution in [-0.2, 0) is 4.74 Å². The van der Waals surface area contributed by atoms with Crippen LogP contribution in [0.25, 0.3) is 0 Å². The summed E-state index contributed by atoms with van der Waals surface area (Å²) >= 11 is 8.76. The number of thiol groups is 1. The van der Waals surface area contributed by atoms with E-state index in [1.54, 1.807) is 24.3 Å². The summed E-state index contributed by atoms with van der Waals surface area (Å²) < 4.78 is 18.3. The molecule has 3 aromatic rings. The quantitative estimate of drug-likeness (QED) is 0.454. The van der Waals surface area contributed by atoms with Crippen molar-refractivity contribution in [2.75, 3.05) is 0 Å². The number of halogens is 1. The molecule has 140 valence electrons. The monoisotopic (exact) mass is 409 g/mol. The minimum absolute atomic E-state index is 0.176. The van der Waals surface area contributed by atoms with Crippen LogP contribution in [-0.4, -0.2) is 10.2 Å². The van der Waals surface area contributed by atoms with Crippen molar-refractivity contribution in [2.24, 2.45) is 0 Å². The van der Waals surface area contributed by atoms with E-state index in [4.69, 9.17) is 22.2 Å². The summed E-state index contributed by atoms with van der Waals surface area (Å²) in [6.45, 7) is 0. The molecular weight excluding hydrogens is 393 g/mol. The number of carbonyl (C=O) groups excluding carboxylic acids is 1. The van der Waals surface area contributed by atoms with E-state index in [2.05, 4.69) is 12.6 Å². The van der Waals surface area contributed by atoms with Crippen LogP contribution in [0.2, 0.25) is 0 Å². The lowest BCUT2D eigenvalue weighted by Crippen LogP contribution is -2.09. The Balaban J connectivity index is 0.000000261. The van der Waals surface area contributed by atoms with Crippen LogP contribution in [0.1, 0.15) is 27.6 Å². The Morgan fingerprint density at radius 1 is 0.929 bits per heavy atom. The van der Waals surface area contributed by atoms with E-state index in [9.17, 15) is 9.18 Å². The highest BCUT2D eigenvalue weighted by molar-refractivity contribution is 7.97. The molecule has 0 saturated carbocycles. The number of hydrogen-bond donors (Lipinski definition) is 1. The molecule has 0 aliphatic carbocycles. The van der Waals surface area contributed by atoms with Crippen molar-refractivity contribution in [1.82, 2.24) is 0 Å². The Morgan fingerprint density at radius 2 is 1.46 bits per heavy atom. The van der Waals surface area contributed by atoms with Gasteiger partial charge in [-0.05, 0) is 36.5 Å². The highest BCUT2D eigenvalue weighted by atomic mass is 32.1. The SMILES string of the molecule is N#CC(OC(=S)c1ccc(F)cc1)c1ccccc1.O=C(S)c1ccccc1. The van der Waals surface area contributed by atoms with Gasteiger partial charge in [-0.1, -0.05) is 60.7 Å². The van der Waals surface area contributed by atoms with Crippen molar-refractivity contribution in [2.45, 2.75) is 6.10 Å².